The van der Waals surface area contributed by atoms with Crippen LogP contribution >= 0.6 is 23.7 Å². The minimum absolute atomic E-state index is 0.232. The normalized spacial score (nSPS) is 11.2. The van der Waals surface area contributed by atoms with E-state index in [0.717, 1.165) is 10.9 Å². The molecule has 5 nitrogen and oxygen atoms in total. The quantitative estimate of drug-likeness (QED) is 0.552. The molecule has 0 N–H and O–H groups in total. The molecule has 0 radical (unpaired) electrons. The van der Waals surface area contributed by atoms with Crippen molar-refractivity contribution >= 4 is 23.7 Å². The van der Waals surface area contributed by atoms with Gasteiger partial charge in [0.15, 0.2) is 6.29 Å². The lowest BCUT2D eigenvalue weighted by molar-refractivity contribution is -0.0842. The van der Waals surface area contributed by atoms with Gasteiger partial charge in [-0.25, -0.2) is 4.98 Å². The van der Waals surface area contributed by atoms with Gasteiger partial charge in [0.2, 0.25) is 5.16 Å². The Morgan fingerprint density at radius 3 is 2.65 bits per heavy atom. The van der Waals surface area contributed by atoms with E-state index in [9.17, 15) is 0 Å². The second-order valence-electron chi connectivity index (χ2n) is 3.90. The van der Waals surface area contributed by atoms with Crippen molar-refractivity contribution in [3.8, 4) is 0 Å². The predicted octanol–water partition coefficient (Wildman–Crippen LogP) is 2.69. The van der Waals surface area contributed by atoms with Crippen LogP contribution in [0.25, 0.3) is 0 Å². The van der Waals surface area contributed by atoms with E-state index in [4.69, 9.17) is 9.47 Å². The highest BCUT2D eigenvalue weighted by Crippen LogP contribution is 2.18. The first-order valence-corrected chi connectivity index (χ1v) is 8.02. The van der Waals surface area contributed by atoms with Crippen molar-refractivity contribution in [1.82, 2.24) is 14.2 Å². The fourth-order valence-electron chi connectivity index (χ4n) is 1.45. The molecule has 0 bridgehead atoms. The van der Waals surface area contributed by atoms with Crippen LogP contribution in [0.5, 0.6) is 0 Å². The van der Waals surface area contributed by atoms with Gasteiger partial charge < -0.3 is 9.47 Å². The summed E-state index contributed by atoms with van der Waals surface area (Å²) in [5.41, 5.74) is 1.26. The van der Waals surface area contributed by atoms with Crippen LogP contribution in [0.15, 0.2) is 41.8 Å². The second kappa shape index (κ2) is 8.31. The van der Waals surface area contributed by atoms with Gasteiger partial charge in [-0.05, 0) is 17.5 Å². The van der Waals surface area contributed by atoms with Crippen LogP contribution in [-0.2, 0) is 15.2 Å². The molecule has 0 unspecified atom stereocenters. The first kappa shape index (κ1) is 15.4. The van der Waals surface area contributed by atoms with Crippen LogP contribution in [0.1, 0.15) is 5.56 Å². The fourth-order valence-corrected chi connectivity index (χ4v) is 3.05. The molecule has 2 rings (SSSR count). The van der Waals surface area contributed by atoms with Crippen molar-refractivity contribution in [2.75, 3.05) is 20.0 Å². The highest BCUT2D eigenvalue weighted by Gasteiger charge is 2.09. The van der Waals surface area contributed by atoms with Gasteiger partial charge in [0.1, 0.15) is 6.33 Å². The number of methoxy groups -OCH3 is 2. The van der Waals surface area contributed by atoms with Crippen molar-refractivity contribution < 1.29 is 9.47 Å². The van der Waals surface area contributed by atoms with Gasteiger partial charge in [0.25, 0.3) is 0 Å². The van der Waals surface area contributed by atoms with Crippen LogP contribution in [0.4, 0.5) is 0 Å². The number of nitrogens with zero attached hydrogens (tertiary/aromatic N) is 3. The van der Waals surface area contributed by atoms with Crippen LogP contribution in [0, 0.1) is 0 Å². The predicted molar refractivity (Wildman–Crippen MR) is 81.7 cm³/mol. The minimum Gasteiger partial charge on any atom is -0.355 e. The maximum absolute atomic E-state index is 5.12. The zero-order valence-corrected chi connectivity index (χ0v) is 13.1. The van der Waals surface area contributed by atoms with Crippen molar-refractivity contribution in [1.29, 1.82) is 0 Å². The van der Waals surface area contributed by atoms with Crippen molar-refractivity contribution in [3.63, 3.8) is 0 Å². The molecule has 0 saturated heterocycles. The van der Waals surface area contributed by atoms with Crippen LogP contribution in [-0.4, -0.2) is 40.4 Å². The molecule has 0 aliphatic rings. The number of ether oxygens (including phenoxy) is 2. The number of aromatic nitrogens is 3. The monoisotopic (exact) mass is 311 g/mol. The largest absolute Gasteiger partial charge is 0.355 e. The average molecular weight is 311 g/mol. The molecule has 0 aliphatic heterocycles. The lowest BCUT2D eigenvalue weighted by Crippen LogP contribution is -2.15. The van der Waals surface area contributed by atoms with E-state index in [1.54, 1.807) is 36.6 Å². The van der Waals surface area contributed by atoms with Gasteiger partial charge in [0, 0.05) is 20.0 Å². The highest BCUT2D eigenvalue weighted by molar-refractivity contribution is 7.99. The molecule has 0 atom stereocenters. The average Bonchev–Trinajstić information content (AvgIpc) is 2.95. The Kier molecular flexibility index (Phi) is 6.38. The fraction of sp³-hybridized carbons (Fsp3) is 0.385. The summed E-state index contributed by atoms with van der Waals surface area (Å²) in [6.45, 7) is 0. The lowest BCUT2D eigenvalue weighted by atomic mass is 10.2. The Morgan fingerprint density at radius 2 is 1.95 bits per heavy atom. The Labute approximate surface area is 127 Å². The van der Waals surface area contributed by atoms with Crippen molar-refractivity contribution in [2.24, 2.45) is 0 Å². The Hall–Kier alpha value is -1.02. The third-order valence-corrected chi connectivity index (χ3v) is 4.32. The summed E-state index contributed by atoms with van der Waals surface area (Å²) in [6.07, 6.45) is 1.49. The summed E-state index contributed by atoms with van der Waals surface area (Å²) in [5.74, 6) is 1.54. The topological polar surface area (TPSA) is 49.2 Å². The molecule has 2 aromatic rings. The number of rotatable bonds is 8. The first-order valence-electron chi connectivity index (χ1n) is 6.09. The summed E-state index contributed by atoms with van der Waals surface area (Å²) in [7, 11) is 3.24. The smallest absolute Gasteiger partial charge is 0.209 e. The number of hydrogen-bond donors (Lipinski definition) is 0. The van der Waals surface area contributed by atoms with E-state index >= 15 is 0 Å². The van der Waals surface area contributed by atoms with Crippen molar-refractivity contribution in [3.05, 3.63) is 42.2 Å². The summed E-state index contributed by atoms with van der Waals surface area (Å²) in [6, 6.07) is 10.3. The van der Waals surface area contributed by atoms with Gasteiger partial charge in [-0.15, -0.1) is 5.10 Å². The first-order chi connectivity index (χ1) is 9.81. The third-order valence-electron chi connectivity index (χ3n) is 2.53. The van der Waals surface area contributed by atoms with Gasteiger partial charge in [-0.3, -0.25) is 0 Å². The Morgan fingerprint density at radius 1 is 1.20 bits per heavy atom. The molecular weight excluding hydrogens is 294 g/mol. The molecule has 1 heterocycles. The molecule has 20 heavy (non-hydrogen) atoms. The van der Waals surface area contributed by atoms with Gasteiger partial charge >= 0.3 is 0 Å². The van der Waals surface area contributed by atoms with E-state index in [2.05, 4.69) is 22.2 Å². The minimum atomic E-state index is -0.232. The summed E-state index contributed by atoms with van der Waals surface area (Å²) < 4.78 is 12.0. The molecule has 7 heteroatoms. The van der Waals surface area contributed by atoms with Gasteiger partial charge in [-0.1, -0.05) is 42.1 Å². The summed E-state index contributed by atoms with van der Waals surface area (Å²) in [5, 5.41) is 5.11. The van der Waals surface area contributed by atoms with Crippen LogP contribution in [0.3, 0.4) is 0 Å². The summed E-state index contributed by atoms with van der Waals surface area (Å²) in [4.78, 5) is 4.25. The molecule has 0 spiro atoms. The number of thioether (sulfide) groups is 1. The molecule has 108 valence electrons. The molecular formula is C13H17N3O2S2. The Bertz CT molecular complexity index is 503. The SMILES string of the molecule is COC(CSc1ncn(SCc2ccccc2)n1)OC. The van der Waals surface area contributed by atoms with E-state index < -0.39 is 0 Å². The third kappa shape index (κ3) is 4.82. The van der Waals surface area contributed by atoms with E-state index in [0.29, 0.717) is 5.75 Å². The van der Waals surface area contributed by atoms with Gasteiger partial charge in [0.05, 0.1) is 5.75 Å². The van der Waals surface area contributed by atoms with E-state index in [-0.39, 0.29) is 6.29 Å². The molecule has 1 aromatic heterocycles. The second-order valence-corrected chi connectivity index (χ2v) is 5.81. The van der Waals surface area contributed by atoms with E-state index in [1.807, 2.05) is 18.2 Å². The molecule has 1 aromatic carbocycles. The highest BCUT2D eigenvalue weighted by atomic mass is 32.2. The van der Waals surface area contributed by atoms with Gasteiger partial charge in [-0.2, -0.15) is 4.09 Å². The molecule has 0 amide bonds. The number of hydrogen-bond acceptors (Lipinski definition) is 6. The molecule has 0 fully saturated rings. The van der Waals surface area contributed by atoms with Crippen molar-refractivity contribution in [2.45, 2.75) is 17.2 Å². The lowest BCUT2D eigenvalue weighted by Gasteiger charge is -2.10. The summed E-state index contributed by atoms with van der Waals surface area (Å²) >= 11 is 3.12. The van der Waals surface area contributed by atoms with Crippen LogP contribution < -0.4 is 0 Å². The molecule has 0 aliphatic carbocycles. The maximum Gasteiger partial charge on any atom is 0.209 e. The molecule has 0 saturated carbocycles. The number of benzene rings is 1. The van der Waals surface area contributed by atoms with Crippen LogP contribution in [0.2, 0.25) is 0 Å². The zero-order chi connectivity index (χ0) is 14.2. The Balaban J connectivity index is 1.80. The maximum atomic E-state index is 5.12. The standard InChI is InChI=1S/C13H17N3O2S2/c1-17-12(18-2)9-19-13-14-10-16(15-13)20-8-11-6-4-3-5-7-11/h3-7,10,12H,8-9H2,1-2H3. The van der Waals surface area contributed by atoms with E-state index in [1.165, 1.54) is 17.3 Å². The zero-order valence-electron chi connectivity index (χ0n) is 11.4.